The van der Waals surface area contributed by atoms with Gasteiger partial charge >= 0.3 is 0 Å². The predicted octanol–water partition coefficient (Wildman–Crippen LogP) is 4.82. The molecule has 4 rings (SSSR count). The van der Waals surface area contributed by atoms with Gasteiger partial charge in [0.15, 0.2) is 5.65 Å². The molecule has 2 aromatic carbocycles. The molecule has 5 nitrogen and oxygen atoms in total. The summed E-state index contributed by atoms with van der Waals surface area (Å²) in [5.41, 5.74) is 3.64. The normalized spacial score (nSPS) is 11.2. The highest BCUT2D eigenvalue weighted by atomic mass is 19.1. The fourth-order valence-corrected chi connectivity index (χ4v) is 2.80. The van der Waals surface area contributed by atoms with Gasteiger partial charge in [-0.1, -0.05) is 26.0 Å². The zero-order chi connectivity index (χ0) is 18.1. The Morgan fingerprint density at radius 2 is 1.69 bits per heavy atom. The lowest BCUT2D eigenvalue weighted by Gasteiger charge is -2.09. The van der Waals surface area contributed by atoms with E-state index in [4.69, 9.17) is 0 Å². The second-order valence-electron chi connectivity index (χ2n) is 6.39. The molecule has 130 valence electrons. The number of rotatable bonds is 4. The van der Waals surface area contributed by atoms with E-state index in [0.29, 0.717) is 17.4 Å². The predicted molar refractivity (Wildman–Crippen MR) is 100 cm³/mol. The molecule has 0 amide bonds. The first kappa shape index (κ1) is 16.2. The molecular weight excluding hydrogens is 329 g/mol. The summed E-state index contributed by atoms with van der Waals surface area (Å²) in [6.45, 7) is 4.33. The minimum Gasteiger partial charge on any atom is -0.340 e. The lowest BCUT2D eigenvalue weighted by atomic mass is 10.0. The minimum atomic E-state index is -0.285. The average Bonchev–Trinajstić information content (AvgIpc) is 3.08. The second kappa shape index (κ2) is 6.55. The number of hydrogen-bond donors (Lipinski definition) is 1. The van der Waals surface area contributed by atoms with Crippen LogP contribution in [0.3, 0.4) is 0 Å². The molecule has 0 bridgehead atoms. The van der Waals surface area contributed by atoms with E-state index >= 15 is 0 Å². The van der Waals surface area contributed by atoms with Crippen molar-refractivity contribution in [3.63, 3.8) is 0 Å². The fraction of sp³-hybridized carbons (Fsp3) is 0.150. The van der Waals surface area contributed by atoms with Crippen molar-refractivity contribution < 1.29 is 4.39 Å². The van der Waals surface area contributed by atoms with E-state index in [2.05, 4.69) is 46.4 Å². The molecule has 0 fully saturated rings. The summed E-state index contributed by atoms with van der Waals surface area (Å²) in [6.07, 6.45) is 3.21. The summed E-state index contributed by atoms with van der Waals surface area (Å²) in [4.78, 5) is 8.68. The molecule has 0 aliphatic rings. The Balaban J connectivity index is 1.69. The molecule has 6 heteroatoms. The second-order valence-corrected chi connectivity index (χ2v) is 6.39. The van der Waals surface area contributed by atoms with Crippen LogP contribution in [0.15, 0.2) is 61.1 Å². The number of nitrogens with one attached hydrogen (secondary N) is 1. The van der Waals surface area contributed by atoms with Gasteiger partial charge in [0, 0.05) is 5.69 Å². The third-order valence-corrected chi connectivity index (χ3v) is 4.28. The quantitative estimate of drug-likeness (QED) is 0.575. The summed E-state index contributed by atoms with van der Waals surface area (Å²) in [6, 6.07) is 14.4. The maximum absolute atomic E-state index is 13.2. The first-order chi connectivity index (χ1) is 12.6. The lowest BCUT2D eigenvalue weighted by molar-refractivity contribution is 0.627. The lowest BCUT2D eigenvalue weighted by Crippen LogP contribution is -1.99. The molecular formula is C20H18FN5. The van der Waals surface area contributed by atoms with Crippen LogP contribution < -0.4 is 5.32 Å². The van der Waals surface area contributed by atoms with E-state index in [9.17, 15) is 4.39 Å². The molecule has 0 radical (unpaired) electrons. The maximum atomic E-state index is 13.2. The smallest absolute Gasteiger partial charge is 0.168 e. The Hall–Kier alpha value is -3.28. The van der Waals surface area contributed by atoms with Gasteiger partial charge in [-0.3, -0.25) is 0 Å². The van der Waals surface area contributed by atoms with Crippen LogP contribution in [0.25, 0.3) is 16.7 Å². The van der Waals surface area contributed by atoms with Crippen LogP contribution in [0.1, 0.15) is 25.3 Å². The van der Waals surface area contributed by atoms with Gasteiger partial charge in [0.1, 0.15) is 18.0 Å². The summed E-state index contributed by atoms with van der Waals surface area (Å²) in [5, 5.41) is 8.51. The monoisotopic (exact) mass is 347 g/mol. The highest BCUT2D eigenvalue weighted by molar-refractivity contribution is 5.89. The molecule has 0 unspecified atom stereocenters. The third kappa shape index (κ3) is 3.01. The van der Waals surface area contributed by atoms with Crippen LogP contribution in [0.4, 0.5) is 15.9 Å². The van der Waals surface area contributed by atoms with Crippen LogP contribution >= 0.6 is 0 Å². The highest BCUT2D eigenvalue weighted by Gasteiger charge is 2.11. The van der Waals surface area contributed by atoms with Crippen LogP contribution in [-0.4, -0.2) is 19.7 Å². The first-order valence-corrected chi connectivity index (χ1v) is 8.43. The molecule has 0 aliphatic heterocycles. The van der Waals surface area contributed by atoms with Gasteiger partial charge in [0.2, 0.25) is 0 Å². The Labute approximate surface area is 150 Å². The largest absolute Gasteiger partial charge is 0.340 e. The summed E-state index contributed by atoms with van der Waals surface area (Å²) >= 11 is 0. The van der Waals surface area contributed by atoms with E-state index in [0.717, 1.165) is 16.8 Å². The van der Waals surface area contributed by atoms with Gasteiger partial charge in [0.25, 0.3) is 0 Å². The molecule has 26 heavy (non-hydrogen) atoms. The van der Waals surface area contributed by atoms with E-state index < -0.39 is 0 Å². The minimum absolute atomic E-state index is 0.285. The van der Waals surface area contributed by atoms with E-state index in [1.807, 2.05) is 12.1 Å². The van der Waals surface area contributed by atoms with Crippen LogP contribution in [0, 0.1) is 5.82 Å². The van der Waals surface area contributed by atoms with Gasteiger partial charge in [-0.2, -0.15) is 5.10 Å². The van der Waals surface area contributed by atoms with Crippen molar-refractivity contribution in [1.82, 2.24) is 19.7 Å². The molecule has 0 atom stereocenters. The van der Waals surface area contributed by atoms with E-state index in [1.165, 1.54) is 24.0 Å². The van der Waals surface area contributed by atoms with Crippen molar-refractivity contribution in [3.05, 3.63) is 72.4 Å². The number of benzene rings is 2. The number of aromatic nitrogens is 4. The highest BCUT2D eigenvalue weighted by Crippen LogP contribution is 2.25. The summed E-state index contributed by atoms with van der Waals surface area (Å²) < 4.78 is 14.8. The van der Waals surface area contributed by atoms with Crippen molar-refractivity contribution in [1.29, 1.82) is 0 Å². The zero-order valence-corrected chi connectivity index (χ0v) is 14.5. The number of anilines is 2. The Kier molecular flexibility index (Phi) is 4.08. The average molecular weight is 347 g/mol. The zero-order valence-electron chi connectivity index (χ0n) is 14.5. The molecule has 1 N–H and O–H groups in total. The summed E-state index contributed by atoms with van der Waals surface area (Å²) in [7, 11) is 0. The molecule has 4 aromatic rings. The number of hydrogen-bond acceptors (Lipinski definition) is 4. The van der Waals surface area contributed by atoms with Crippen molar-refractivity contribution in [2.75, 3.05) is 5.32 Å². The van der Waals surface area contributed by atoms with Crippen molar-refractivity contribution in [2.24, 2.45) is 0 Å². The van der Waals surface area contributed by atoms with E-state index in [-0.39, 0.29) is 5.82 Å². The number of nitrogens with zero attached hydrogens (tertiary/aromatic N) is 4. The Morgan fingerprint density at radius 3 is 2.38 bits per heavy atom. The van der Waals surface area contributed by atoms with Crippen LogP contribution in [0.2, 0.25) is 0 Å². The first-order valence-electron chi connectivity index (χ1n) is 8.43. The topological polar surface area (TPSA) is 55.6 Å². The van der Waals surface area contributed by atoms with Gasteiger partial charge in [-0.05, 0) is 47.9 Å². The Bertz CT molecular complexity index is 1040. The van der Waals surface area contributed by atoms with Crippen molar-refractivity contribution in [2.45, 2.75) is 19.8 Å². The van der Waals surface area contributed by atoms with Crippen LogP contribution in [-0.2, 0) is 0 Å². The van der Waals surface area contributed by atoms with Gasteiger partial charge in [0.05, 0.1) is 17.3 Å². The number of fused-ring (bicyclic) bond motifs is 1. The molecule has 0 saturated heterocycles. The molecule has 0 saturated carbocycles. The fourth-order valence-electron chi connectivity index (χ4n) is 2.80. The molecule has 2 heterocycles. The van der Waals surface area contributed by atoms with Crippen LogP contribution in [0.5, 0.6) is 0 Å². The third-order valence-electron chi connectivity index (χ3n) is 4.28. The number of halogens is 1. The van der Waals surface area contributed by atoms with Crippen molar-refractivity contribution in [3.8, 4) is 5.69 Å². The summed E-state index contributed by atoms with van der Waals surface area (Å²) in [5.74, 6) is 0.886. The SMILES string of the molecule is CC(C)c1ccc(Nc2ncnc3c2cnn3-c2ccc(F)cc2)cc1. The molecule has 2 aromatic heterocycles. The maximum Gasteiger partial charge on any atom is 0.168 e. The van der Waals surface area contributed by atoms with Gasteiger partial charge in [-0.15, -0.1) is 0 Å². The molecule has 0 aliphatic carbocycles. The van der Waals surface area contributed by atoms with Crippen molar-refractivity contribution >= 4 is 22.5 Å². The van der Waals surface area contributed by atoms with Gasteiger partial charge < -0.3 is 5.32 Å². The molecule has 0 spiro atoms. The standard InChI is InChI=1S/C20H18FN5/c1-13(2)14-3-7-16(8-4-14)25-19-18-11-24-26(20(18)23-12-22-19)17-9-5-15(21)6-10-17/h3-13H,1-2H3,(H,22,23,25). The van der Waals surface area contributed by atoms with E-state index in [1.54, 1.807) is 23.0 Å². The Morgan fingerprint density at radius 1 is 0.962 bits per heavy atom. The van der Waals surface area contributed by atoms with Gasteiger partial charge in [-0.25, -0.2) is 19.0 Å².